The highest BCUT2D eigenvalue weighted by atomic mass is 16.5. The molecule has 1 heterocycles. The van der Waals surface area contributed by atoms with Crippen LogP contribution in [0.25, 0.3) is 5.57 Å². The Kier molecular flexibility index (Phi) is 2.15. The van der Waals surface area contributed by atoms with Gasteiger partial charge in [-0.2, -0.15) is 0 Å². The smallest absolute Gasteiger partial charge is 0.171 e. The van der Waals surface area contributed by atoms with E-state index in [0.29, 0.717) is 18.2 Å². The fourth-order valence-corrected chi connectivity index (χ4v) is 3.10. The molecule has 17 heavy (non-hydrogen) atoms. The molecular weight excluding hydrogens is 216 g/mol. The fourth-order valence-electron chi connectivity index (χ4n) is 3.10. The van der Waals surface area contributed by atoms with E-state index in [2.05, 4.69) is 19.0 Å². The summed E-state index contributed by atoms with van der Waals surface area (Å²) in [6.07, 6.45) is 2.47. The Morgan fingerprint density at radius 2 is 2.18 bits per heavy atom. The zero-order chi connectivity index (χ0) is 12.2. The lowest BCUT2D eigenvalue weighted by Crippen LogP contribution is -2.17. The third-order valence-corrected chi connectivity index (χ3v) is 3.77. The van der Waals surface area contributed by atoms with Gasteiger partial charge in [0, 0.05) is 23.5 Å². The van der Waals surface area contributed by atoms with E-state index in [1.54, 1.807) is 0 Å². The number of hydrogen-bond acceptors (Lipinski definition) is 4. The second-order valence-corrected chi connectivity index (χ2v) is 5.20. The van der Waals surface area contributed by atoms with Crippen LogP contribution in [0.4, 0.5) is 5.82 Å². The second kappa shape index (κ2) is 3.45. The monoisotopic (exact) mass is 232 g/mol. The van der Waals surface area contributed by atoms with E-state index < -0.39 is 0 Å². The quantitative estimate of drug-likeness (QED) is 0.807. The molecule has 0 aliphatic heterocycles. The highest BCUT2D eigenvalue weighted by Gasteiger charge is 2.42. The molecule has 0 saturated carbocycles. The van der Waals surface area contributed by atoms with Crippen molar-refractivity contribution in [2.24, 2.45) is 5.92 Å². The lowest BCUT2D eigenvalue weighted by atomic mass is 9.81. The molecule has 0 fully saturated rings. The predicted octanol–water partition coefficient (Wildman–Crippen LogP) is 2.52. The molecule has 2 aliphatic carbocycles. The summed E-state index contributed by atoms with van der Waals surface area (Å²) in [6.45, 7) is 4.22. The lowest BCUT2D eigenvalue weighted by molar-refractivity contribution is -0.116. The maximum absolute atomic E-state index is 12.1. The number of rotatable bonds is 1. The summed E-state index contributed by atoms with van der Waals surface area (Å²) in [4.78, 5) is 12.1. The van der Waals surface area contributed by atoms with E-state index in [1.807, 2.05) is 0 Å². The third-order valence-electron chi connectivity index (χ3n) is 3.77. The number of Topliss-reactive ketones (excluding diaryl/α,β-unsaturated/α-hetero) is 1. The predicted molar refractivity (Wildman–Crippen MR) is 64.3 cm³/mol. The van der Waals surface area contributed by atoms with Gasteiger partial charge in [0.1, 0.15) is 0 Å². The first-order valence-electron chi connectivity index (χ1n) is 6.13. The van der Waals surface area contributed by atoms with Gasteiger partial charge in [-0.05, 0) is 18.8 Å². The molecule has 0 saturated heterocycles. The molecule has 0 bridgehead atoms. The van der Waals surface area contributed by atoms with Crippen LogP contribution in [0, 0.1) is 5.92 Å². The van der Waals surface area contributed by atoms with Crippen LogP contribution >= 0.6 is 0 Å². The first-order chi connectivity index (χ1) is 8.11. The topological polar surface area (TPSA) is 69.1 Å². The van der Waals surface area contributed by atoms with Crippen LogP contribution in [0.5, 0.6) is 0 Å². The van der Waals surface area contributed by atoms with E-state index >= 15 is 0 Å². The fraction of sp³-hybridized carbons (Fsp3) is 0.538. The first-order valence-corrected chi connectivity index (χ1v) is 6.13. The molecule has 4 nitrogen and oxygen atoms in total. The summed E-state index contributed by atoms with van der Waals surface area (Å²) in [5, 5.41) is 3.84. The minimum atomic E-state index is 0.0825. The number of fused-ring (bicyclic) bond motifs is 2. The molecule has 0 spiro atoms. The van der Waals surface area contributed by atoms with Crippen LogP contribution in [-0.4, -0.2) is 10.9 Å². The van der Waals surface area contributed by atoms with Crippen LogP contribution in [0.15, 0.2) is 10.1 Å². The Hall–Kier alpha value is -1.58. The molecule has 1 aromatic heterocycles. The minimum Gasteiger partial charge on any atom is -0.381 e. The van der Waals surface area contributed by atoms with Crippen LogP contribution in [-0.2, 0) is 4.79 Å². The van der Waals surface area contributed by atoms with Gasteiger partial charge in [0.15, 0.2) is 17.4 Å². The van der Waals surface area contributed by atoms with Crippen molar-refractivity contribution in [2.45, 2.75) is 39.0 Å². The summed E-state index contributed by atoms with van der Waals surface area (Å²) in [6, 6.07) is 0. The zero-order valence-corrected chi connectivity index (χ0v) is 10.1. The van der Waals surface area contributed by atoms with E-state index in [9.17, 15) is 4.79 Å². The first kappa shape index (κ1) is 10.6. The van der Waals surface area contributed by atoms with Gasteiger partial charge in [-0.25, -0.2) is 0 Å². The zero-order valence-electron chi connectivity index (χ0n) is 10.1. The molecule has 2 aliphatic rings. The van der Waals surface area contributed by atoms with Crippen molar-refractivity contribution in [2.75, 3.05) is 5.73 Å². The number of ketones is 1. The van der Waals surface area contributed by atoms with Gasteiger partial charge in [0.25, 0.3) is 0 Å². The van der Waals surface area contributed by atoms with E-state index in [0.717, 1.165) is 35.3 Å². The number of carbonyl (C=O) groups excluding carboxylic acids is 1. The molecule has 0 radical (unpaired) electrons. The maximum Gasteiger partial charge on any atom is 0.171 e. The van der Waals surface area contributed by atoms with Gasteiger partial charge in [0.2, 0.25) is 0 Å². The average molecular weight is 232 g/mol. The standard InChI is InChI=1S/C13H16N2O2/c1-6(2)9-10-7(4-3-5-8(10)16)12-11(9)13(14)15-17-12/h6,9H,3-5H2,1-2H3,(H2,14,15)/t9-/m1/s1. The highest BCUT2D eigenvalue weighted by Crippen LogP contribution is 2.51. The van der Waals surface area contributed by atoms with Crippen molar-refractivity contribution in [3.05, 3.63) is 16.9 Å². The Morgan fingerprint density at radius 3 is 2.88 bits per heavy atom. The summed E-state index contributed by atoms with van der Waals surface area (Å²) in [7, 11) is 0. The van der Waals surface area contributed by atoms with Crippen LogP contribution < -0.4 is 5.73 Å². The van der Waals surface area contributed by atoms with Gasteiger partial charge >= 0.3 is 0 Å². The van der Waals surface area contributed by atoms with Crippen molar-refractivity contribution in [3.8, 4) is 0 Å². The van der Waals surface area contributed by atoms with Gasteiger partial charge in [-0.1, -0.05) is 19.0 Å². The van der Waals surface area contributed by atoms with Crippen LogP contribution in [0.3, 0.4) is 0 Å². The molecule has 1 aromatic rings. The number of nitrogens with two attached hydrogens (primary N) is 1. The normalized spacial score (nSPS) is 23.2. The van der Waals surface area contributed by atoms with Crippen molar-refractivity contribution in [3.63, 3.8) is 0 Å². The summed E-state index contributed by atoms with van der Waals surface area (Å²) < 4.78 is 5.32. The molecule has 4 heteroatoms. The molecule has 0 aromatic carbocycles. The van der Waals surface area contributed by atoms with Crippen molar-refractivity contribution in [1.82, 2.24) is 5.16 Å². The van der Waals surface area contributed by atoms with Gasteiger partial charge < -0.3 is 10.3 Å². The number of hydrogen-bond donors (Lipinski definition) is 1. The minimum absolute atomic E-state index is 0.0825. The van der Waals surface area contributed by atoms with Gasteiger partial charge in [-0.15, -0.1) is 0 Å². The number of anilines is 1. The van der Waals surface area contributed by atoms with E-state index in [4.69, 9.17) is 10.3 Å². The summed E-state index contributed by atoms with van der Waals surface area (Å²) in [5.41, 5.74) is 8.82. The van der Waals surface area contributed by atoms with E-state index in [-0.39, 0.29) is 11.7 Å². The van der Waals surface area contributed by atoms with Crippen LogP contribution in [0.2, 0.25) is 0 Å². The molecule has 0 amide bonds. The molecule has 1 atom stereocenters. The average Bonchev–Trinajstić information content (AvgIpc) is 2.79. The third kappa shape index (κ3) is 1.30. The van der Waals surface area contributed by atoms with Crippen LogP contribution in [0.1, 0.15) is 50.4 Å². The maximum atomic E-state index is 12.1. The molecule has 2 N–H and O–H groups in total. The number of carbonyl (C=O) groups is 1. The molecule has 0 unspecified atom stereocenters. The molecule has 3 rings (SSSR count). The van der Waals surface area contributed by atoms with E-state index in [1.165, 1.54) is 0 Å². The largest absolute Gasteiger partial charge is 0.381 e. The Bertz CT molecular complexity index is 526. The number of allylic oxidation sites excluding steroid dienone is 2. The van der Waals surface area contributed by atoms with Crippen molar-refractivity contribution >= 4 is 17.2 Å². The Labute approximate surface area is 99.8 Å². The summed E-state index contributed by atoms with van der Waals surface area (Å²) >= 11 is 0. The van der Waals surface area contributed by atoms with Gasteiger partial charge in [-0.3, -0.25) is 4.79 Å². The SMILES string of the molecule is CC(C)[C@@H]1C2=C(CCCC2=O)c2onc(N)c21. The van der Waals surface area contributed by atoms with Gasteiger partial charge in [0.05, 0.1) is 5.56 Å². The van der Waals surface area contributed by atoms with Crippen molar-refractivity contribution < 1.29 is 9.32 Å². The second-order valence-electron chi connectivity index (χ2n) is 5.20. The number of nitrogens with zero attached hydrogens (tertiary/aromatic N) is 1. The lowest BCUT2D eigenvalue weighted by Gasteiger charge is -2.21. The highest BCUT2D eigenvalue weighted by molar-refractivity contribution is 6.08. The summed E-state index contributed by atoms with van der Waals surface area (Å²) in [5.74, 6) is 1.89. The molecule has 90 valence electrons. The van der Waals surface area contributed by atoms with Crippen molar-refractivity contribution in [1.29, 1.82) is 0 Å². The number of nitrogen functional groups attached to an aromatic ring is 1. The Balaban J connectivity index is 2.22. The number of aromatic nitrogens is 1. The molecular formula is C13H16N2O2. The Morgan fingerprint density at radius 1 is 1.41 bits per heavy atom.